The van der Waals surface area contributed by atoms with Crippen molar-refractivity contribution in [2.75, 3.05) is 13.2 Å². The van der Waals surface area contributed by atoms with Crippen molar-refractivity contribution >= 4 is 33.7 Å². The van der Waals surface area contributed by atoms with Crippen molar-refractivity contribution in [3.05, 3.63) is 82.3 Å². The van der Waals surface area contributed by atoms with Crippen molar-refractivity contribution in [2.24, 2.45) is 5.92 Å². The van der Waals surface area contributed by atoms with Gasteiger partial charge in [0.15, 0.2) is 11.6 Å². The zero-order valence-corrected chi connectivity index (χ0v) is 23.3. The Bertz CT molecular complexity index is 1170. The third-order valence-corrected chi connectivity index (χ3v) is 8.01. The number of aliphatic hydroxyl groups is 2. The van der Waals surface area contributed by atoms with E-state index in [9.17, 15) is 19.5 Å². The second-order valence-electron chi connectivity index (χ2n) is 10.0. The predicted octanol–water partition coefficient (Wildman–Crippen LogP) is 4.31. The van der Waals surface area contributed by atoms with E-state index in [1.807, 2.05) is 60.7 Å². The monoisotopic (exact) mass is 599 g/mol. The molecule has 1 fully saturated rings. The van der Waals surface area contributed by atoms with Crippen molar-refractivity contribution in [1.82, 2.24) is 4.90 Å². The number of cyclic esters (lactones) is 1. The Morgan fingerprint density at radius 3 is 2.31 bits per heavy atom. The molecule has 8 nitrogen and oxygen atoms in total. The first kappa shape index (κ1) is 29.1. The number of rotatable bonds is 12. The van der Waals surface area contributed by atoms with Gasteiger partial charge in [0.2, 0.25) is 5.91 Å². The summed E-state index contributed by atoms with van der Waals surface area (Å²) in [7, 11) is 0. The molecule has 2 aliphatic rings. The number of hydrogen-bond acceptors (Lipinski definition) is 7. The molecule has 2 heterocycles. The number of carbonyl (C=O) groups excluding carboxylic acids is 3. The van der Waals surface area contributed by atoms with Crippen LogP contribution in [0.1, 0.15) is 43.2 Å². The molecule has 0 bridgehead atoms. The third kappa shape index (κ3) is 7.22. The number of benzene rings is 2. The summed E-state index contributed by atoms with van der Waals surface area (Å²) in [5.41, 5.74) is 1.74. The van der Waals surface area contributed by atoms with E-state index in [2.05, 4.69) is 15.9 Å². The summed E-state index contributed by atoms with van der Waals surface area (Å²) in [5, 5.41) is 20.4. The molecule has 1 saturated heterocycles. The topological polar surface area (TPSA) is 113 Å². The zero-order chi connectivity index (χ0) is 27.8. The van der Waals surface area contributed by atoms with Crippen molar-refractivity contribution in [1.29, 1.82) is 0 Å². The van der Waals surface area contributed by atoms with E-state index < -0.39 is 41.6 Å². The summed E-state index contributed by atoms with van der Waals surface area (Å²) in [5.74, 6) is -3.89. The van der Waals surface area contributed by atoms with Crippen LogP contribution >= 0.6 is 15.9 Å². The summed E-state index contributed by atoms with van der Waals surface area (Å²) in [4.78, 5) is 41.3. The van der Waals surface area contributed by atoms with E-state index in [4.69, 9.17) is 14.6 Å². The highest BCUT2D eigenvalue weighted by Crippen LogP contribution is 2.38. The molecule has 2 aliphatic heterocycles. The number of unbranched alkanes of at least 4 members (excludes halogenated alkanes) is 3. The molecule has 2 N–H and O–H groups in total. The van der Waals surface area contributed by atoms with Crippen LogP contribution in [0.25, 0.3) is 0 Å². The molecule has 0 radical (unpaired) electrons. The first-order valence-corrected chi connectivity index (χ1v) is 14.1. The Labute approximate surface area is 236 Å². The number of halogens is 1. The van der Waals surface area contributed by atoms with Gasteiger partial charge in [0.25, 0.3) is 0 Å². The van der Waals surface area contributed by atoms with E-state index in [-0.39, 0.29) is 30.5 Å². The zero-order valence-electron chi connectivity index (χ0n) is 21.7. The van der Waals surface area contributed by atoms with Crippen molar-refractivity contribution < 1.29 is 34.1 Å². The van der Waals surface area contributed by atoms with Crippen LogP contribution in [0.5, 0.6) is 0 Å². The maximum Gasteiger partial charge on any atom is 0.416 e. The largest absolute Gasteiger partial charge is 0.447 e. The lowest BCUT2D eigenvalue weighted by molar-refractivity contribution is -0.218. The van der Waals surface area contributed by atoms with Crippen molar-refractivity contribution in [3.8, 4) is 0 Å². The average molecular weight is 601 g/mol. The van der Waals surface area contributed by atoms with Gasteiger partial charge >= 0.3 is 6.09 Å². The van der Waals surface area contributed by atoms with Gasteiger partial charge in [0, 0.05) is 13.0 Å². The molecule has 0 spiro atoms. The van der Waals surface area contributed by atoms with Crippen molar-refractivity contribution in [2.45, 2.75) is 62.9 Å². The molecule has 2 aromatic rings. The van der Waals surface area contributed by atoms with Crippen LogP contribution in [0.15, 0.2) is 71.2 Å². The number of carbonyl (C=O) groups is 3. The molecule has 208 valence electrons. The molecule has 4 rings (SSSR count). The highest BCUT2D eigenvalue weighted by Gasteiger charge is 2.49. The average Bonchev–Trinajstić information content (AvgIpc) is 3.30. The Hall–Kier alpha value is -2.85. The van der Waals surface area contributed by atoms with Gasteiger partial charge in [-0.1, -0.05) is 73.5 Å². The first-order valence-electron chi connectivity index (χ1n) is 13.3. The molecule has 0 unspecified atom stereocenters. The fraction of sp³-hybridized carbons (Fsp3) is 0.433. The molecule has 0 aliphatic carbocycles. The first-order chi connectivity index (χ1) is 18.8. The molecule has 0 saturated carbocycles. The van der Waals surface area contributed by atoms with Crippen LogP contribution < -0.4 is 0 Å². The van der Waals surface area contributed by atoms with Gasteiger partial charge in [-0.15, -0.1) is 0 Å². The van der Waals surface area contributed by atoms with Crippen LogP contribution in [0.4, 0.5) is 4.79 Å². The maximum atomic E-state index is 14.1. The number of hydrogen-bond donors (Lipinski definition) is 2. The fourth-order valence-electron chi connectivity index (χ4n) is 5.07. The van der Waals surface area contributed by atoms with E-state index >= 15 is 0 Å². The third-order valence-electron chi connectivity index (χ3n) is 7.16. The standard InChI is InChI=1S/C30H34BrNO7/c31-26-19-25(34)27(39-30(26,37)15-9-1-2-10-16-33)24(18-22-13-7-4-8-14-22)28(35)32-23(20-38-29(32)36)17-21-11-5-3-6-12-21/h3-8,11-14,19,23-24,27,33,37H,1-2,9-10,15-18,20H2/t23-,24-,27-,30+/m1/s1. The maximum absolute atomic E-state index is 14.1. The second-order valence-corrected chi connectivity index (χ2v) is 10.9. The second kappa shape index (κ2) is 13.5. The molecular formula is C30H34BrNO7. The van der Waals surface area contributed by atoms with Gasteiger partial charge in [0.1, 0.15) is 12.7 Å². The highest BCUT2D eigenvalue weighted by molar-refractivity contribution is 9.11. The Kier molecular flexibility index (Phi) is 10.1. The number of ketones is 1. The van der Waals surface area contributed by atoms with Gasteiger partial charge in [-0.05, 0) is 58.8 Å². The van der Waals surface area contributed by atoms with Crippen LogP contribution in [0, 0.1) is 5.92 Å². The molecular weight excluding hydrogens is 566 g/mol. The Morgan fingerprint density at radius 2 is 1.64 bits per heavy atom. The molecule has 4 atom stereocenters. The smallest absolute Gasteiger partial charge is 0.416 e. The van der Waals surface area contributed by atoms with Gasteiger partial charge in [-0.3, -0.25) is 9.59 Å². The lowest BCUT2D eigenvalue weighted by atomic mass is 9.87. The Balaban J connectivity index is 1.60. The lowest BCUT2D eigenvalue weighted by Crippen LogP contribution is -2.53. The number of imide groups is 1. The normalized spacial score (nSPS) is 23.9. The lowest BCUT2D eigenvalue weighted by Gasteiger charge is -2.38. The van der Waals surface area contributed by atoms with Crippen LogP contribution in [0.3, 0.4) is 0 Å². The fourth-order valence-corrected chi connectivity index (χ4v) is 5.59. The van der Waals surface area contributed by atoms with Gasteiger partial charge in [-0.25, -0.2) is 9.69 Å². The number of amides is 2. The summed E-state index contributed by atoms with van der Waals surface area (Å²) < 4.78 is 11.5. The molecule has 2 aromatic carbocycles. The molecule has 0 aromatic heterocycles. The predicted molar refractivity (Wildman–Crippen MR) is 148 cm³/mol. The molecule has 9 heteroatoms. The number of ether oxygens (including phenoxy) is 2. The SMILES string of the molecule is O=C1C=C(Br)[C@](O)(CCCCCCO)O[C@@H]1[C@@H](Cc1ccccc1)C(=O)N1C(=O)OC[C@H]1Cc1ccccc1. The van der Waals surface area contributed by atoms with Crippen LogP contribution in [-0.4, -0.2) is 64.0 Å². The summed E-state index contributed by atoms with van der Waals surface area (Å²) in [6.07, 6.45) is 2.80. The minimum atomic E-state index is -1.79. The summed E-state index contributed by atoms with van der Waals surface area (Å²) >= 11 is 3.29. The van der Waals surface area contributed by atoms with Crippen molar-refractivity contribution in [3.63, 3.8) is 0 Å². The highest BCUT2D eigenvalue weighted by atomic mass is 79.9. The van der Waals surface area contributed by atoms with E-state index in [1.54, 1.807) is 0 Å². The minimum absolute atomic E-state index is 0.0558. The summed E-state index contributed by atoms with van der Waals surface area (Å²) in [6, 6.07) is 18.2. The minimum Gasteiger partial charge on any atom is -0.447 e. The van der Waals surface area contributed by atoms with Gasteiger partial charge in [-0.2, -0.15) is 0 Å². The quantitative estimate of drug-likeness (QED) is 0.349. The number of nitrogens with zero attached hydrogens (tertiary/aromatic N) is 1. The van der Waals surface area contributed by atoms with E-state index in [0.29, 0.717) is 19.3 Å². The number of aliphatic hydroxyl groups excluding tert-OH is 1. The van der Waals surface area contributed by atoms with Gasteiger partial charge < -0.3 is 19.7 Å². The van der Waals surface area contributed by atoms with Crippen LogP contribution in [0.2, 0.25) is 0 Å². The van der Waals surface area contributed by atoms with E-state index in [0.717, 1.165) is 28.9 Å². The molecule has 2 amide bonds. The summed E-state index contributed by atoms with van der Waals surface area (Å²) in [6.45, 7) is 0.161. The molecule has 39 heavy (non-hydrogen) atoms. The van der Waals surface area contributed by atoms with E-state index in [1.165, 1.54) is 6.08 Å². The van der Waals surface area contributed by atoms with Crippen LogP contribution in [-0.2, 0) is 31.9 Å². The Morgan fingerprint density at radius 1 is 1.00 bits per heavy atom. The van der Waals surface area contributed by atoms with Gasteiger partial charge in [0.05, 0.1) is 16.4 Å².